The number of hydrogen-bond acceptors (Lipinski definition) is 7. The fourth-order valence-electron chi connectivity index (χ4n) is 3.25. The Balaban J connectivity index is 1.88. The predicted octanol–water partition coefficient (Wildman–Crippen LogP) is 0.959. The molecule has 13 nitrogen and oxygen atoms in total. The zero-order valence-electron chi connectivity index (χ0n) is 22.3. The van der Waals surface area contributed by atoms with Crippen LogP contribution in [0.4, 0.5) is 9.59 Å². The van der Waals surface area contributed by atoms with Gasteiger partial charge in [-0.25, -0.2) is 14.6 Å². The predicted molar refractivity (Wildman–Crippen MR) is 143 cm³/mol. The number of hydrazine groups is 1. The highest BCUT2D eigenvalue weighted by Crippen LogP contribution is 2.04. The molecule has 2 atom stereocenters. The van der Waals surface area contributed by atoms with Crippen molar-refractivity contribution < 1.29 is 33.5 Å². The molecule has 0 aliphatic heterocycles. The van der Waals surface area contributed by atoms with Crippen molar-refractivity contribution in [2.45, 2.75) is 39.1 Å². The smallest absolute Gasteiger partial charge is 0.408 e. The van der Waals surface area contributed by atoms with Gasteiger partial charge in [0.15, 0.2) is 0 Å². The maximum atomic E-state index is 12.8. The molecule has 40 heavy (non-hydrogen) atoms. The summed E-state index contributed by atoms with van der Waals surface area (Å²) in [6.07, 6.45) is 0.841. The summed E-state index contributed by atoms with van der Waals surface area (Å²) in [7, 11) is 1.10. The maximum absolute atomic E-state index is 12.8. The lowest BCUT2D eigenvalue weighted by Crippen LogP contribution is -2.58. The van der Waals surface area contributed by atoms with E-state index in [4.69, 9.17) is 10.5 Å². The van der Waals surface area contributed by atoms with Crippen molar-refractivity contribution in [2.24, 2.45) is 5.73 Å². The number of carbonyl (C=O) groups excluding carboxylic acids is 6. The normalized spacial score (nSPS) is 12.0. The minimum absolute atomic E-state index is 0.000802. The van der Waals surface area contributed by atoms with Crippen molar-refractivity contribution in [2.75, 3.05) is 7.05 Å². The van der Waals surface area contributed by atoms with Gasteiger partial charge in [-0.05, 0) is 25.0 Å². The Kier molecular flexibility index (Phi) is 11.8. The number of primary amides is 1. The lowest BCUT2D eigenvalue weighted by Gasteiger charge is -2.30. The molecule has 212 valence electrons. The van der Waals surface area contributed by atoms with Gasteiger partial charge in [-0.15, -0.1) is 0 Å². The van der Waals surface area contributed by atoms with Crippen molar-refractivity contribution in [3.05, 3.63) is 83.9 Å². The van der Waals surface area contributed by atoms with Crippen LogP contribution in [0.3, 0.4) is 0 Å². The quantitative estimate of drug-likeness (QED) is 0.250. The fourth-order valence-corrected chi connectivity index (χ4v) is 3.25. The molecule has 0 spiro atoms. The summed E-state index contributed by atoms with van der Waals surface area (Å²) in [5, 5.41) is 8.24. The highest BCUT2D eigenvalue weighted by Gasteiger charge is 2.30. The monoisotopic (exact) mass is 552 g/mol. The van der Waals surface area contributed by atoms with E-state index in [9.17, 15) is 28.8 Å². The van der Waals surface area contributed by atoms with Crippen molar-refractivity contribution >= 4 is 35.8 Å². The van der Waals surface area contributed by atoms with Gasteiger partial charge in [-0.3, -0.25) is 19.2 Å². The Morgan fingerprint density at radius 3 is 2.00 bits per heavy atom. The van der Waals surface area contributed by atoms with E-state index < -0.39 is 47.8 Å². The summed E-state index contributed by atoms with van der Waals surface area (Å²) in [6, 6.07) is 14.4. The van der Waals surface area contributed by atoms with Crippen molar-refractivity contribution in [3.63, 3.8) is 0 Å². The second kappa shape index (κ2) is 15.3. The average Bonchev–Trinajstić information content (AvgIpc) is 2.94. The Morgan fingerprint density at radius 2 is 1.43 bits per heavy atom. The van der Waals surface area contributed by atoms with Gasteiger partial charge < -0.3 is 26.4 Å². The van der Waals surface area contributed by atoms with Crippen LogP contribution in [-0.4, -0.2) is 64.9 Å². The maximum Gasteiger partial charge on any atom is 0.408 e. The molecule has 2 aromatic carbocycles. The number of nitrogens with zero attached hydrogens (tertiary/aromatic N) is 2. The highest BCUT2D eigenvalue weighted by molar-refractivity contribution is 6.04. The molecule has 2 rings (SSSR count). The molecule has 0 aromatic heterocycles. The largest absolute Gasteiger partial charge is 0.445 e. The molecule has 0 radical (unpaired) electrons. The zero-order chi connectivity index (χ0) is 29.7. The standard InChI is InChI=1S/C27H32N6O7/c1-18(31-27(39)40-17-21-12-8-5-9-13-21)24(36)30-19(2)25(37)32(3)33(26(28)38)23(35)15-14-22(34)29-16-20-10-6-4-7-11-20/h4-15,18-19H,16-17H2,1-3H3,(H2,28,38)(H,29,34)(H,30,36)(H,31,39)/b15-14+/t18-,19-/m0/s1. The van der Waals surface area contributed by atoms with E-state index in [1.54, 1.807) is 48.5 Å². The van der Waals surface area contributed by atoms with E-state index in [1.807, 2.05) is 12.1 Å². The number of amides is 7. The number of imide groups is 1. The highest BCUT2D eigenvalue weighted by atomic mass is 16.5. The van der Waals surface area contributed by atoms with Crippen LogP contribution in [0.5, 0.6) is 0 Å². The molecule has 13 heteroatoms. The van der Waals surface area contributed by atoms with Gasteiger partial charge in [-0.2, -0.15) is 5.01 Å². The molecule has 5 N–H and O–H groups in total. The third kappa shape index (κ3) is 9.93. The molecule has 7 amide bonds. The third-order valence-electron chi connectivity index (χ3n) is 5.39. The first-order valence-corrected chi connectivity index (χ1v) is 12.2. The molecule has 0 fully saturated rings. The van der Waals surface area contributed by atoms with Crippen molar-refractivity contribution in [1.82, 2.24) is 26.0 Å². The minimum Gasteiger partial charge on any atom is -0.445 e. The molecule has 0 saturated carbocycles. The second-order valence-electron chi connectivity index (χ2n) is 8.54. The molecule has 0 aliphatic carbocycles. The molecular formula is C27H32N6O7. The van der Waals surface area contributed by atoms with E-state index >= 15 is 0 Å². The number of rotatable bonds is 10. The number of alkyl carbamates (subject to hydrolysis) is 1. The SMILES string of the molecule is C[C@H](NC(=O)OCc1ccccc1)C(=O)N[C@@H](C)C(=O)N(C)N(C(N)=O)C(=O)/C=C/C(=O)NCc1ccccc1. The Labute approximate surface area is 231 Å². The van der Waals surface area contributed by atoms with Gasteiger partial charge in [0.25, 0.3) is 11.8 Å². The van der Waals surface area contributed by atoms with Gasteiger partial charge in [0.1, 0.15) is 18.7 Å². The number of carbonyl (C=O) groups is 6. The Bertz CT molecular complexity index is 1240. The summed E-state index contributed by atoms with van der Waals surface area (Å²) in [4.78, 5) is 73.9. The number of urea groups is 1. The van der Waals surface area contributed by atoms with Gasteiger partial charge in [0.2, 0.25) is 11.8 Å². The first-order chi connectivity index (χ1) is 19.0. The lowest BCUT2D eigenvalue weighted by molar-refractivity contribution is -0.153. The molecule has 0 aliphatic rings. The fraction of sp³-hybridized carbons (Fsp3) is 0.259. The Morgan fingerprint density at radius 1 is 0.850 bits per heavy atom. The first-order valence-electron chi connectivity index (χ1n) is 12.2. The summed E-state index contributed by atoms with van der Waals surface area (Å²) >= 11 is 0. The number of nitrogens with two attached hydrogens (primary N) is 1. The summed E-state index contributed by atoms with van der Waals surface area (Å²) < 4.78 is 5.07. The van der Waals surface area contributed by atoms with Crippen LogP contribution in [0, 0.1) is 0 Å². The third-order valence-corrected chi connectivity index (χ3v) is 5.39. The van der Waals surface area contributed by atoms with Crippen molar-refractivity contribution in [3.8, 4) is 0 Å². The molecule has 0 heterocycles. The van der Waals surface area contributed by atoms with Gasteiger partial charge >= 0.3 is 12.1 Å². The average molecular weight is 553 g/mol. The van der Waals surface area contributed by atoms with Gasteiger partial charge in [0.05, 0.1) is 0 Å². The van der Waals surface area contributed by atoms with E-state index in [1.165, 1.54) is 13.8 Å². The van der Waals surface area contributed by atoms with Crippen LogP contribution in [0.2, 0.25) is 0 Å². The zero-order valence-corrected chi connectivity index (χ0v) is 22.3. The van der Waals surface area contributed by atoms with E-state index in [0.717, 1.165) is 30.3 Å². The summed E-state index contributed by atoms with van der Waals surface area (Å²) in [5.74, 6) is -3.27. The van der Waals surface area contributed by atoms with Crippen molar-refractivity contribution in [1.29, 1.82) is 0 Å². The minimum atomic E-state index is -1.29. The van der Waals surface area contributed by atoms with E-state index in [0.29, 0.717) is 10.0 Å². The van der Waals surface area contributed by atoms with E-state index in [-0.39, 0.29) is 13.2 Å². The number of benzene rings is 2. The van der Waals surface area contributed by atoms with Gasteiger partial charge in [-0.1, -0.05) is 60.7 Å². The lowest BCUT2D eigenvalue weighted by atomic mass is 10.2. The van der Waals surface area contributed by atoms with E-state index in [2.05, 4.69) is 16.0 Å². The molecule has 0 unspecified atom stereocenters. The topological polar surface area (TPSA) is 180 Å². The first kappa shape index (κ1) is 31.0. The number of ether oxygens (including phenoxy) is 1. The molecule has 2 aromatic rings. The van der Waals surface area contributed by atoms with Crippen LogP contribution in [-0.2, 0) is 37.1 Å². The van der Waals surface area contributed by atoms with Crippen LogP contribution in [0.15, 0.2) is 72.8 Å². The van der Waals surface area contributed by atoms with Crippen LogP contribution >= 0.6 is 0 Å². The number of likely N-dealkylation sites (N-methyl/N-ethyl adjacent to an activating group) is 1. The van der Waals surface area contributed by atoms with Crippen LogP contribution in [0.1, 0.15) is 25.0 Å². The van der Waals surface area contributed by atoms with Crippen LogP contribution in [0.25, 0.3) is 0 Å². The molecule has 0 bridgehead atoms. The molecule has 0 saturated heterocycles. The number of nitrogens with one attached hydrogen (secondary N) is 3. The summed E-state index contributed by atoms with van der Waals surface area (Å²) in [5.41, 5.74) is 6.88. The Hall–Kier alpha value is -5.20. The second-order valence-corrected chi connectivity index (χ2v) is 8.54. The van der Waals surface area contributed by atoms with Gasteiger partial charge in [0, 0.05) is 25.7 Å². The van der Waals surface area contributed by atoms with Crippen LogP contribution < -0.4 is 21.7 Å². The molecular weight excluding hydrogens is 520 g/mol. The number of hydrogen-bond donors (Lipinski definition) is 4. The summed E-state index contributed by atoms with van der Waals surface area (Å²) in [6.45, 7) is 2.91.